The quantitative estimate of drug-likeness (QED) is 0.160. The zero-order valence-corrected chi connectivity index (χ0v) is 34.6. The van der Waals surface area contributed by atoms with E-state index in [2.05, 4.69) is 232 Å². The highest BCUT2D eigenvalue weighted by atomic mass is 15.2. The fourth-order valence-electron chi connectivity index (χ4n) is 10.3. The van der Waals surface area contributed by atoms with Gasteiger partial charge in [-0.25, -0.2) is 0 Å². The van der Waals surface area contributed by atoms with Gasteiger partial charge >= 0.3 is 0 Å². The Labute approximate surface area is 347 Å². The van der Waals surface area contributed by atoms with E-state index >= 15 is 0 Å². The number of rotatable bonds is 7. The SMILES string of the molecule is CC=C(C)N(c1cc2c3c(c1)c1cc(-c4ccc(N(c5ccccc5)c5ccccc5)cc4)cc4c1n3-c1c(cccc1C2(C)C)C4(C)C)c1cccc2ccccc12. The first-order chi connectivity index (χ1) is 28.7. The van der Waals surface area contributed by atoms with Gasteiger partial charge in [0, 0.05) is 55.4 Å². The van der Waals surface area contributed by atoms with Crippen LogP contribution in [0.25, 0.3) is 49.4 Å². The van der Waals surface area contributed by atoms with E-state index in [1.165, 1.54) is 88.7 Å². The van der Waals surface area contributed by atoms with Gasteiger partial charge in [0.15, 0.2) is 0 Å². The molecule has 9 aromatic rings. The number of hydrogen-bond acceptors (Lipinski definition) is 2. The maximum absolute atomic E-state index is 2.63. The van der Waals surface area contributed by atoms with Gasteiger partial charge in [-0.15, -0.1) is 0 Å². The molecule has 59 heavy (non-hydrogen) atoms. The monoisotopic (exact) mass is 761 g/mol. The van der Waals surface area contributed by atoms with Crippen LogP contribution < -0.4 is 9.80 Å². The summed E-state index contributed by atoms with van der Waals surface area (Å²) in [5.41, 5.74) is 18.5. The van der Waals surface area contributed by atoms with Crippen molar-refractivity contribution in [3.05, 3.63) is 204 Å². The molecule has 0 unspecified atom stereocenters. The molecule has 0 bridgehead atoms. The van der Waals surface area contributed by atoms with Crippen molar-refractivity contribution in [2.45, 2.75) is 52.4 Å². The van der Waals surface area contributed by atoms with E-state index in [1.54, 1.807) is 0 Å². The number of benzene rings is 8. The predicted molar refractivity (Wildman–Crippen MR) is 251 cm³/mol. The van der Waals surface area contributed by atoms with Crippen molar-refractivity contribution in [2.75, 3.05) is 9.80 Å². The third-order valence-corrected chi connectivity index (χ3v) is 13.4. The number of anilines is 5. The lowest BCUT2D eigenvalue weighted by Crippen LogP contribution is -2.33. The van der Waals surface area contributed by atoms with Gasteiger partial charge in [-0.1, -0.05) is 137 Å². The third kappa shape index (κ3) is 5.07. The van der Waals surface area contributed by atoms with Crippen LogP contribution in [0.4, 0.5) is 28.4 Å². The Morgan fingerprint density at radius 2 is 1.02 bits per heavy atom. The van der Waals surface area contributed by atoms with Crippen molar-refractivity contribution in [2.24, 2.45) is 0 Å². The molecule has 0 fully saturated rings. The van der Waals surface area contributed by atoms with Crippen LogP contribution in [0, 0.1) is 0 Å². The zero-order valence-electron chi connectivity index (χ0n) is 34.6. The number of allylic oxidation sites excluding steroid dienone is 2. The van der Waals surface area contributed by atoms with Gasteiger partial charge in [0.25, 0.3) is 0 Å². The fraction of sp³-hybridized carbons (Fsp3) is 0.143. The Hall–Kier alpha value is -6.84. The standard InChI is InChI=1S/C56H47N3/c1-7-36(2)57(51-27-16-19-38-18-14-15-24-44(38)51)43-34-46-45-32-39(37-28-30-42(31-29-37)58(40-20-10-8-11-21-40)41-22-12-9-13-23-41)33-49-52(45)59-53(46)50(35-43)56(5,6)48-26-17-25-47(54(48)59)55(49,3)4/h7-35H,1-6H3. The molecule has 286 valence electrons. The summed E-state index contributed by atoms with van der Waals surface area (Å²) < 4.78 is 2.63. The van der Waals surface area contributed by atoms with E-state index in [-0.39, 0.29) is 10.8 Å². The molecule has 0 atom stereocenters. The first kappa shape index (κ1) is 35.3. The second-order valence-corrected chi connectivity index (χ2v) is 17.4. The molecule has 0 spiro atoms. The lowest BCUT2D eigenvalue weighted by atomic mass is 9.68. The summed E-state index contributed by atoms with van der Waals surface area (Å²) in [6.45, 7) is 14.1. The van der Waals surface area contributed by atoms with E-state index in [0.29, 0.717) is 0 Å². The Bertz CT molecular complexity index is 3120. The van der Waals surface area contributed by atoms with Gasteiger partial charge in [0.2, 0.25) is 0 Å². The summed E-state index contributed by atoms with van der Waals surface area (Å²) in [7, 11) is 0. The van der Waals surface area contributed by atoms with Gasteiger partial charge < -0.3 is 14.4 Å². The smallest absolute Gasteiger partial charge is 0.0583 e. The van der Waals surface area contributed by atoms with Crippen molar-refractivity contribution in [1.82, 2.24) is 4.57 Å². The fourth-order valence-corrected chi connectivity index (χ4v) is 10.3. The van der Waals surface area contributed by atoms with Crippen molar-refractivity contribution in [3.63, 3.8) is 0 Å². The highest BCUT2D eigenvalue weighted by molar-refractivity contribution is 6.16. The molecule has 2 aliphatic heterocycles. The first-order valence-electron chi connectivity index (χ1n) is 20.9. The number of para-hydroxylation sites is 3. The van der Waals surface area contributed by atoms with E-state index in [0.717, 1.165) is 17.1 Å². The van der Waals surface area contributed by atoms with Crippen molar-refractivity contribution in [1.29, 1.82) is 0 Å². The van der Waals surface area contributed by atoms with Crippen LogP contribution in [0.15, 0.2) is 182 Å². The molecular weight excluding hydrogens is 715 g/mol. The number of hydrogen-bond donors (Lipinski definition) is 0. The van der Waals surface area contributed by atoms with Crippen LogP contribution in [0.3, 0.4) is 0 Å². The number of fused-ring (bicyclic) bond motifs is 2. The molecule has 3 heterocycles. The van der Waals surface area contributed by atoms with Crippen LogP contribution in [-0.2, 0) is 10.8 Å². The molecule has 0 N–H and O–H groups in total. The van der Waals surface area contributed by atoms with Crippen LogP contribution in [0.1, 0.15) is 63.8 Å². The van der Waals surface area contributed by atoms with Gasteiger partial charge in [0.1, 0.15) is 0 Å². The van der Waals surface area contributed by atoms with Gasteiger partial charge in [0.05, 0.1) is 22.4 Å². The Morgan fingerprint density at radius 1 is 0.475 bits per heavy atom. The third-order valence-electron chi connectivity index (χ3n) is 13.4. The minimum absolute atomic E-state index is 0.214. The molecule has 0 saturated carbocycles. The van der Waals surface area contributed by atoms with Crippen LogP contribution in [0.5, 0.6) is 0 Å². The Kier molecular flexibility index (Phi) is 7.68. The second kappa shape index (κ2) is 12.8. The molecule has 0 radical (unpaired) electrons. The zero-order chi connectivity index (χ0) is 40.2. The second-order valence-electron chi connectivity index (χ2n) is 17.4. The lowest BCUT2D eigenvalue weighted by Gasteiger charge is -2.42. The number of nitrogens with zero attached hydrogens (tertiary/aromatic N) is 3. The maximum Gasteiger partial charge on any atom is 0.0583 e. The molecule has 3 heteroatoms. The van der Waals surface area contributed by atoms with Gasteiger partial charge in [-0.3, -0.25) is 0 Å². The topological polar surface area (TPSA) is 11.4 Å². The van der Waals surface area contributed by atoms with Crippen molar-refractivity contribution < 1.29 is 0 Å². The summed E-state index contributed by atoms with van der Waals surface area (Å²) in [6.07, 6.45) is 2.24. The highest BCUT2D eigenvalue weighted by Gasteiger charge is 2.44. The molecule has 0 saturated heterocycles. The minimum atomic E-state index is -0.228. The molecule has 0 amide bonds. The summed E-state index contributed by atoms with van der Waals surface area (Å²) in [5.74, 6) is 0. The molecular formula is C56H47N3. The van der Waals surface area contributed by atoms with Crippen LogP contribution in [-0.4, -0.2) is 4.57 Å². The van der Waals surface area contributed by atoms with E-state index in [9.17, 15) is 0 Å². The average molecular weight is 762 g/mol. The number of aromatic nitrogens is 1. The molecule has 0 aliphatic carbocycles. The summed E-state index contributed by atoms with van der Waals surface area (Å²) in [5, 5.41) is 5.08. The summed E-state index contributed by atoms with van der Waals surface area (Å²) in [4.78, 5) is 4.80. The molecule has 1 aromatic heterocycles. The predicted octanol–water partition coefficient (Wildman–Crippen LogP) is 15.4. The molecule has 11 rings (SSSR count). The van der Waals surface area contributed by atoms with Gasteiger partial charge in [-0.2, -0.15) is 0 Å². The summed E-state index contributed by atoms with van der Waals surface area (Å²) in [6, 6.07) is 62.8. The summed E-state index contributed by atoms with van der Waals surface area (Å²) >= 11 is 0. The Morgan fingerprint density at radius 3 is 1.66 bits per heavy atom. The van der Waals surface area contributed by atoms with Crippen LogP contribution >= 0.6 is 0 Å². The molecule has 2 aliphatic rings. The average Bonchev–Trinajstić information content (AvgIpc) is 3.60. The Balaban J connectivity index is 1.18. The largest absolute Gasteiger partial charge is 0.314 e. The van der Waals surface area contributed by atoms with E-state index in [1.807, 2.05) is 0 Å². The normalized spacial score (nSPS) is 14.6. The van der Waals surface area contributed by atoms with E-state index < -0.39 is 0 Å². The van der Waals surface area contributed by atoms with Gasteiger partial charge in [-0.05, 0) is 119 Å². The minimum Gasteiger partial charge on any atom is -0.314 e. The van der Waals surface area contributed by atoms with Crippen LogP contribution in [0.2, 0.25) is 0 Å². The van der Waals surface area contributed by atoms with E-state index in [4.69, 9.17) is 0 Å². The molecule has 3 nitrogen and oxygen atoms in total. The maximum atomic E-state index is 2.63. The first-order valence-corrected chi connectivity index (χ1v) is 20.9. The van der Waals surface area contributed by atoms with Crippen molar-refractivity contribution >= 4 is 61.0 Å². The van der Waals surface area contributed by atoms with Crippen molar-refractivity contribution in [3.8, 4) is 16.8 Å². The molecule has 8 aromatic carbocycles. The lowest BCUT2D eigenvalue weighted by molar-refractivity contribution is 0.594. The highest BCUT2D eigenvalue weighted by Crippen LogP contribution is 2.57.